The van der Waals surface area contributed by atoms with E-state index in [1.165, 1.54) is 11.0 Å². The first-order chi connectivity index (χ1) is 7.88. The smallest absolute Gasteiger partial charge is 0.156 e. The number of rotatable bonds is 4. The Balaban J connectivity index is 0.00000144. The molecule has 0 unspecified atom stereocenters. The van der Waals surface area contributed by atoms with Gasteiger partial charge >= 0.3 is 0 Å². The van der Waals surface area contributed by atoms with Crippen LogP contribution in [0.15, 0.2) is 54.6 Å². The molecule has 4 N–H and O–H groups in total. The lowest BCUT2D eigenvalue weighted by Gasteiger charge is -2.03. The summed E-state index contributed by atoms with van der Waals surface area (Å²) in [4.78, 5) is 0. The normalized spacial score (nSPS) is 8.72. The molecule has 0 spiro atoms. The van der Waals surface area contributed by atoms with Crippen LogP contribution in [0.5, 0.6) is 5.75 Å². The molecule has 0 aromatic heterocycles. The van der Waals surface area contributed by atoms with Crippen molar-refractivity contribution in [1.82, 2.24) is 0 Å². The molecule has 3 nitrogen and oxygen atoms in total. The maximum atomic E-state index is 5.19. The molecule has 0 atom stereocenters. The van der Waals surface area contributed by atoms with Crippen molar-refractivity contribution in [3.05, 3.63) is 60.2 Å². The minimum absolute atomic E-state index is 0. The summed E-state index contributed by atoms with van der Waals surface area (Å²) in [5, 5.41) is 0. The van der Waals surface area contributed by atoms with Gasteiger partial charge in [-0.2, -0.15) is 0 Å². The highest BCUT2D eigenvalue weighted by Gasteiger charge is 1.98. The molecule has 2 aromatic rings. The van der Waals surface area contributed by atoms with E-state index in [9.17, 15) is 0 Å². The summed E-state index contributed by atoms with van der Waals surface area (Å²) in [6, 6.07) is 18.5. The summed E-state index contributed by atoms with van der Waals surface area (Å²) >= 11 is 0. The van der Waals surface area contributed by atoms with E-state index in [-0.39, 0.29) is 11.0 Å². The zero-order valence-corrected chi connectivity index (χ0v) is 10.4. The van der Waals surface area contributed by atoms with Crippen molar-refractivity contribution in [2.24, 2.45) is 0 Å². The Morgan fingerprint density at radius 1 is 0.944 bits per heavy atom. The first-order valence-corrected chi connectivity index (χ1v) is 5.39. The summed E-state index contributed by atoms with van der Waals surface area (Å²) in [5.74, 6) is 0.916. The summed E-state index contributed by atoms with van der Waals surface area (Å²) in [5.41, 5.74) is 2.52. The van der Waals surface area contributed by atoms with E-state index in [4.69, 9.17) is 4.74 Å². The van der Waals surface area contributed by atoms with Gasteiger partial charge in [0.15, 0.2) is 7.28 Å². The number of hydrogen-bond donors (Lipinski definition) is 0. The number of hydrogen-bond acceptors (Lipinski definition) is 1. The fourth-order valence-corrected chi connectivity index (χ4v) is 1.62. The predicted octanol–water partition coefficient (Wildman–Crippen LogP) is 0.575. The van der Waals surface area contributed by atoms with Crippen molar-refractivity contribution in [2.45, 2.75) is 6.32 Å². The Labute approximate surface area is 108 Å². The fraction of sp³-hybridized carbons (Fsp3) is 0.143. The van der Waals surface area contributed by atoms with Crippen molar-refractivity contribution in [3.63, 3.8) is 0 Å². The standard InChI is InChI=1S/C14H14BO.2H2O/c1-16-14-9-5-6-12(10-14)11-15-13-7-3-2-4-8-13;;/h2-10H,11H2,1H3;2*1H2. The van der Waals surface area contributed by atoms with Crippen LogP contribution in [0.1, 0.15) is 5.56 Å². The van der Waals surface area contributed by atoms with Crippen molar-refractivity contribution >= 4 is 12.7 Å². The molecule has 0 heterocycles. The number of ether oxygens (including phenoxy) is 1. The SMILES string of the molecule is COc1cccc(C[B]c2ccccc2)c1.O.O. The Morgan fingerprint density at radius 3 is 2.33 bits per heavy atom. The summed E-state index contributed by atoms with van der Waals surface area (Å²) in [6.45, 7) is 0. The van der Waals surface area contributed by atoms with Gasteiger partial charge in [0.05, 0.1) is 7.11 Å². The van der Waals surface area contributed by atoms with E-state index in [0.717, 1.165) is 12.1 Å². The van der Waals surface area contributed by atoms with Crippen molar-refractivity contribution in [3.8, 4) is 5.75 Å². The van der Waals surface area contributed by atoms with Gasteiger partial charge in [0.25, 0.3) is 0 Å². The van der Waals surface area contributed by atoms with Gasteiger partial charge in [-0.1, -0.05) is 53.5 Å². The van der Waals surface area contributed by atoms with Crippen LogP contribution in [0.25, 0.3) is 0 Å². The highest BCUT2D eigenvalue weighted by atomic mass is 16.5. The predicted molar refractivity (Wildman–Crippen MR) is 75.8 cm³/mol. The minimum atomic E-state index is 0. The van der Waals surface area contributed by atoms with Crippen LogP contribution < -0.4 is 10.2 Å². The fourth-order valence-electron chi connectivity index (χ4n) is 1.62. The summed E-state index contributed by atoms with van der Waals surface area (Å²) < 4.78 is 5.19. The lowest BCUT2D eigenvalue weighted by molar-refractivity contribution is 0.414. The Bertz CT molecular complexity index is 446. The average molecular weight is 245 g/mol. The van der Waals surface area contributed by atoms with Crippen LogP contribution in [-0.2, 0) is 6.32 Å². The van der Waals surface area contributed by atoms with Gasteiger partial charge < -0.3 is 15.7 Å². The molecule has 1 radical (unpaired) electrons. The van der Waals surface area contributed by atoms with Crippen LogP contribution in [0, 0.1) is 0 Å². The zero-order valence-electron chi connectivity index (χ0n) is 10.4. The molecule has 0 fully saturated rings. The third-order valence-corrected chi connectivity index (χ3v) is 2.51. The molecule has 2 rings (SSSR count). The molecule has 18 heavy (non-hydrogen) atoms. The number of methoxy groups -OCH3 is 1. The monoisotopic (exact) mass is 245 g/mol. The third kappa shape index (κ3) is 4.61. The van der Waals surface area contributed by atoms with Gasteiger partial charge in [0, 0.05) is 0 Å². The largest absolute Gasteiger partial charge is 0.497 e. The molecule has 2 aromatic carbocycles. The summed E-state index contributed by atoms with van der Waals surface area (Å²) in [7, 11) is 3.91. The highest BCUT2D eigenvalue weighted by Crippen LogP contribution is 2.12. The van der Waals surface area contributed by atoms with Crippen LogP contribution >= 0.6 is 0 Å². The van der Waals surface area contributed by atoms with Crippen molar-refractivity contribution in [2.75, 3.05) is 7.11 Å². The highest BCUT2D eigenvalue weighted by molar-refractivity contribution is 6.52. The van der Waals surface area contributed by atoms with Crippen molar-refractivity contribution in [1.29, 1.82) is 0 Å². The second kappa shape index (κ2) is 8.34. The van der Waals surface area contributed by atoms with Crippen LogP contribution in [0.2, 0.25) is 0 Å². The van der Waals surface area contributed by atoms with Gasteiger partial charge in [0.1, 0.15) is 5.75 Å². The van der Waals surface area contributed by atoms with Gasteiger partial charge in [0.2, 0.25) is 0 Å². The van der Waals surface area contributed by atoms with Gasteiger partial charge in [-0.3, -0.25) is 0 Å². The van der Waals surface area contributed by atoms with E-state index in [1.54, 1.807) is 7.11 Å². The molecule has 4 heteroatoms. The first kappa shape index (κ1) is 16.2. The van der Waals surface area contributed by atoms with Crippen LogP contribution in [0.4, 0.5) is 0 Å². The Hall–Kier alpha value is -1.78. The Morgan fingerprint density at radius 2 is 1.67 bits per heavy atom. The molecule has 0 aliphatic rings. The van der Waals surface area contributed by atoms with E-state index in [1.807, 2.05) is 18.2 Å². The lowest BCUT2D eigenvalue weighted by Crippen LogP contribution is -2.15. The quantitative estimate of drug-likeness (QED) is 0.726. The van der Waals surface area contributed by atoms with Gasteiger partial charge in [-0.25, -0.2) is 0 Å². The molecule has 0 amide bonds. The lowest BCUT2D eigenvalue weighted by atomic mass is 9.65. The second-order valence-corrected chi connectivity index (χ2v) is 3.67. The van der Waals surface area contributed by atoms with E-state index in [2.05, 4.69) is 43.7 Å². The summed E-state index contributed by atoms with van der Waals surface area (Å²) in [6.07, 6.45) is 0.932. The molecule has 95 valence electrons. The van der Waals surface area contributed by atoms with Crippen molar-refractivity contribution < 1.29 is 15.7 Å². The maximum absolute atomic E-state index is 5.19. The molecule has 0 aliphatic carbocycles. The van der Waals surface area contributed by atoms with E-state index < -0.39 is 0 Å². The topological polar surface area (TPSA) is 72.2 Å². The second-order valence-electron chi connectivity index (χ2n) is 3.67. The van der Waals surface area contributed by atoms with Crippen LogP contribution in [0.3, 0.4) is 0 Å². The minimum Gasteiger partial charge on any atom is -0.497 e. The molecular weight excluding hydrogens is 227 g/mol. The van der Waals surface area contributed by atoms with Gasteiger partial charge in [-0.05, 0) is 18.5 Å². The third-order valence-electron chi connectivity index (χ3n) is 2.51. The molecule has 0 saturated carbocycles. The van der Waals surface area contributed by atoms with Crippen LogP contribution in [-0.4, -0.2) is 25.3 Å². The Kier molecular flexibility index (Phi) is 7.51. The average Bonchev–Trinajstić information content (AvgIpc) is 2.38. The molecular formula is C14H18BO3. The molecule has 0 saturated heterocycles. The molecule has 0 aliphatic heterocycles. The van der Waals surface area contributed by atoms with E-state index in [0.29, 0.717) is 0 Å². The van der Waals surface area contributed by atoms with E-state index >= 15 is 0 Å². The zero-order chi connectivity index (χ0) is 11.2. The maximum Gasteiger partial charge on any atom is 0.156 e. The number of benzene rings is 2. The first-order valence-electron chi connectivity index (χ1n) is 5.39. The van der Waals surface area contributed by atoms with Gasteiger partial charge in [-0.15, -0.1) is 0 Å². The molecule has 0 bridgehead atoms.